The number of alkyl halides is 3. The molecule has 20 heavy (non-hydrogen) atoms. The lowest BCUT2D eigenvalue weighted by Gasteiger charge is -2.08. The second-order valence-corrected chi connectivity index (χ2v) is 4.90. The molecular weight excluding hydrogens is 291 g/mol. The molecule has 2 rings (SSSR count). The second kappa shape index (κ2) is 6.08. The van der Waals surface area contributed by atoms with Crippen LogP contribution in [0.5, 0.6) is 5.75 Å². The van der Waals surface area contributed by atoms with Gasteiger partial charge in [0.1, 0.15) is 12.4 Å². The SMILES string of the molecule is CCNc1nnc(COc2ccc(C(F)(F)F)cc2)s1. The third-order valence-electron chi connectivity index (χ3n) is 2.34. The summed E-state index contributed by atoms with van der Waals surface area (Å²) in [7, 11) is 0. The summed E-state index contributed by atoms with van der Waals surface area (Å²) in [6.07, 6.45) is -4.33. The third-order valence-corrected chi connectivity index (χ3v) is 3.19. The highest BCUT2D eigenvalue weighted by molar-refractivity contribution is 7.15. The molecule has 0 unspecified atom stereocenters. The molecule has 2 aromatic rings. The molecular formula is C12H12F3N3OS. The van der Waals surface area contributed by atoms with Gasteiger partial charge in [0.05, 0.1) is 5.56 Å². The lowest BCUT2D eigenvalue weighted by molar-refractivity contribution is -0.137. The van der Waals surface area contributed by atoms with Crippen molar-refractivity contribution < 1.29 is 17.9 Å². The Balaban J connectivity index is 1.93. The van der Waals surface area contributed by atoms with E-state index in [1.54, 1.807) is 0 Å². The first-order valence-corrected chi connectivity index (χ1v) is 6.67. The highest BCUT2D eigenvalue weighted by atomic mass is 32.1. The van der Waals surface area contributed by atoms with E-state index in [2.05, 4.69) is 15.5 Å². The number of ether oxygens (including phenoxy) is 1. The Morgan fingerprint density at radius 1 is 1.20 bits per heavy atom. The minimum Gasteiger partial charge on any atom is -0.486 e. The molecule has 8 heteroatoms. The summed E-state index contributed by atoms with van der Waals surface area (Å²) in [6, 6.07) is 4.54. The smallest absolute Gasteiger partial charge is 0.416 e. The lowest BCUT2D eigenvalue weighted by atomic mass is 10.2. The van der Waals surface area contributed by atoms with Crippen molar-refractivity contribution in [2.45, 2.75) is 19.7 Å². The van der Waals surface area contributed by atoms with Gasteiger partial charge in [-0.1, -0.05) is 11.3 Å². The normalized spacial score (nSPS) is 11.4. The average Bonchev–Trinajstić information content (AvgIpc) is 2.84. The molecule has 0 spiro atoms. The van der Waals surface area contributed by atoms with Crippen LogP contribution in [0.4, 0.5) is 18.3 Å². The van der Waals surface area contributed by atoms with Crippen molar-refractivity contribution in [2.24, 2.45) is 0 Å². The molecule has 0 aliphatic rings. The van der Waals surface area contributed by atoms with Crippen molar-refractivity contribution >= 4 is 16.5 Å². The Morgan fingerprint density at radius 3 is 2.50 bits per heavy atom. The van der Waals surface area contributed by atoms with Gasteiger partial charge in [-0.05, 0) is 31.2 Å². The summed E-state index contributed by atoms with van der Waals surface area (Å²) < 4.78 is 42.5. The average molecular weight is 303 g/mol. The maximum atomic E-state index is 12.4. The summed E-state index contributed by atoms with van der Waals surface area (Å²) in [5.41, 5.74) is -0.699. The van der Waals surface area contributed by atoms with E-state index in [1.165, 1.54) is 23.5 Å². The largest absolute Gasteiger partial charge is 0.486 e. The van der Waals surface area contributed by atoms with Crippen LogP contribution < -0.4 is 10.1 Å². The molecule has 1 aromatic heterocycles. The molecule has 108 valence electrons. The lowest BCUT2D eigenvalue weighted by Crippen LogP contribution is -2.04. The van der Waals surface area contributed by atoms with E-state index in [0.717, 1.165) is 18.7 Å². The van der Waals surface area contributed by atoms with Crippen LogP contribution in [0.1, 0.15) is 17.5 Å². The van der Waals surface area contributed by atoms with Crippen LogP contribution in [-0.2, 0) is 12.8 Å². The van der Waals surface area contributed by atoms with E-state index >= 15 is 0 Å². The zero-order valence-electron chi connectivity index (χ0n) is 10.6. The number of nitrogens with zero attached hydrogens (tertiary/aromatic N) is 2. The predicted molar refractivity (Wildman–Crippen MR) is 69.8 cm³/mol. The van der Waals surface area contributed by atoms with Crippen LogP contribution in [0, 0.1) is 0 Å². The van der Waals surface area contributed by atoms with Gasteiger partial charge in [0.15, 0.2) is 5.01 Å². The van der Waals surface area contributed by atoms with E-state index in [9.17, 15) is 13.2 Å². The first-order valence-electron chi connectivity index (χ1n) is 5.85. The van der Waals surface area contributed by atoms with Gasteiger partial charge in [0, 0.05) is 6.54 Å². The Morgan fingerprint density at radius 2 is 1.90 bits per heavy atom. The first-order chi connectivity index (χ1) is 9.49. The van der Waals surface area contributed by atoms with E-state index in [4.69, 9.17) is 4.74 Å². The number of hydrogen-bond acceptors (Lipinski definition) is 5. The molecule has 0 saturated carbocycles. The van der Waals surface area contributed by atoms with Gasteiger partial charge in [0.25, 0.3) is 0 Å². The summed E-state index contributed by atoms with van der Waals surface area (Å²) in [4.78, 5) is 0. The zero-order valence-corrected chi connectivity index (χ0v) is 11.4. The van der Waals surface area contributed by atoms with E-state index in [-0.39, 0.29) is 6.61 Å². The third kappa shape index (κ3) is 3.83. The van der Waals surface area contributed by atoms with E-state index < -0.39 is 11.7 Å². The van der Waals surface area contributed by atoms with E-state index in [1.807, 2.05) is 6.92 Å². The molecule has 4 nitrogen and oxygen atoms in total. The minimum atomic E-state index is -4.33. The van der Waals surface area contributed by atoms with Gasteiger partial charge < -0.3 is 10.1 Å². The Hall–Kier alpha value is -1.83. The maximum absolute atomic E-state index is 12.4. The predicted octanol–water partition coefficient (Wildman–Crippen LogP) is 3.57. The van der Waals surface area contributed by atoms with Gasteiger partial charge in [-0.25, -0.2) is 0 Å². The van der Waals surface area contributed by atoms with Crippen LogP contribution in [0.25, 0.3) is 0 Å². The number of aromatic nitrogens is 2. The van der Waals surface area contributed by atoms with Gasteiger partial charge in [-0.3, -0.25) is 0 Å². The van der Waals surface area contributed by atoms with Crippen molar-refractivity contribution in [3.05, 3.63) is 34.8 Å². The van der Waals surface area contributed by atoms with Gasteiger partial charge in [-0.15, -0.1) is 10.2 Å². The number of nitrogens with one attached hydrogen (secondary N) is 1. The molecule has 0 aliphatic heterocycles. The summed E-state index contributed by atoms with van der Waals surface area (Å²) in [5.74, 6) is 0.359. The standard InChI is InChI=1S/C12H12F3N3OS/c1-2-16-11-18-17-10(20-11)7-19-9-5-3-8(4-6-9)12(13,14)15/h3-6H,2,7H2,1H3,(H,16,18). The second-order valence-electron chi connectivity index (χ2n) is 3.84. The Kier molecular flexibility index (Phi) is 4.43. The molecule has 1 aromatic carbocycles. The molecule has 1 N–H and O–H groups in total. The molecule has 0 aliphatic carbocycles. The molecule has 0 saturated heterocycles. The van der Waals surface area contributed by atoms with Crippen molar-refractivity contribution in [3.8, 4) is 5.75 Å². The number of halogens is 3. The molecule has 0 atom stereocenters. The fourth-order valence-electron chi connectivity index (χ4n) is 1.42. The van der Waals surface area contributed by atoms with E-state index in [0.29, 0.717) is 15.9 Å². The van der Waals surface area contributed by atoms with Gasteiger partial charge in [-0.2, -0.15) is 13.2 Å². The summed E-state index contributed by atoms with van der Waals surface area (Å²) in [5, 5.41) is 12.2. The van der Waals surface area contributed by atoms with Crippen LogP contribution >= 0.6 is 11.3 Å². The number of anilines is 1. The zero-order chi connectivity index (χ0) is 14.6. The monoisotopic (exact) mass is 303 g/mol. The Bertz CT molecular complexity index is 554. The van der Waals surface area contributed by atoms with Crippen molar-refractivity contribution in [2.75, 3.05) is 11.9 Å². The Labute approximate surface area is 117 Å². The summed E-state index contributed by atoms with van der Waals surface area (Å²) in [6.45, 7) is 2.86. The molecule has 0 bridgehead atoms. The van der Waals surface area contributed by atoms with Gasteiger partial charge >= 0.3 is 6.18 Å². The number of benzene rings is 1. The molecule has 0 radical (unpaired) electrons. The summed E-state index contributed by atoms with van der Waals surface area (Å²) >= 11 is 1.35. The number of hydrogen-bond donors (Lipinski definition) is 1. The van der Waals surface area contributed by atoms with Crippen LogP contribution in [-0.4, -0.2) is 16.7 Å². The van der Waals surface area contributed by atoms with Crippen molar-refractivity contribution in [3.63, 3.8) is 0 Å². The first kappa shape index (κ1) is 14.6. The van der Waals surface area contributed by atoms with Crippen LogP contribution in [0.15, 0.2) is 24.3 Å². The van der Waals surface area contributed by atoms with Crippen LogP contribution in [0.2, 0.25) is 0 Å². The highest BCUT2D eigenvalue weighted by Crippen LogP contribution is 2.30. The molecule has 0 fully saturated rings. The maximum Gasteiger partial charge on any atom is 0.416 e. The fourth-order valence-corrected chi connectivity index (χ4v) is 2.14. The minimum absolute atomic E-state index is 0.175. The van der Waals surface area contributed by atoms with Crippen molar-refractivity contribution in [1.29, 1.82) is 0 Å². The quantitative estimate of drug-likeness (QED) is 0.917. The molecule has 0 amide bonds. The van der Waals surface area contributed by atoms with Gasteiger partial charge in [0.2, 0.25) is 5.13 Å². The topological polar surface area (TPSA) is 47.0 Å². The molecule has 1 heterocycles. The fraction of sp³-hybridized carbons (Fsp3) is 0.333. The number of rotatable bonds is 5. The van der Waals surface area contributed by atoms with Crippen LogP contribution in [0.3, 0.4) is 0 Å². The van der Waals surface area contributed by atoms with Crippen molar-refractivity contribution in [1.82, 2.24) is 10.2 Å². The highest BCUT2D eigenvalue weighted by Gasteiger charge is 2.29.